The number of carbonyl (C=O) groups is 1. The molecule has 0 aliphatic carbocycles. The van der Waals surface area contributed by atoms with E-state index in [1.807, 2.05) is 32.0 Å². The number of nitrogens with one attached hydrogen (secondary N) is 2. The van der Waals surface area contributed by atoms with Gasteiger partial charge in [-0.1, -0.05) is 6.07 Å². The fourth-order valence-corrected chi connectivity index (χ4v) is 3.50. The second-order valence-electron chi connectivity index (χ2n) is 7.78. The second kappa shape index (κ2) is 9.70. The normalized spacial score (nSPS) is 11.2. The maximum absolute atomic E-state index is 12.5. The molecule has 3 N–H and O–H groups in total. The molecule has 0 unspecified atom stereocenters. The van der Waals surface area contributed by atoms with Gasteiger partial charge in [-0.15, -0.1) is 0 Å². The molecule has 0 radical (unpaired) electrons. The van der Waals surface area contributed by atoms with Gasteiger partial charge in [0.05, 0.1) is 36.4 Å². The Labute approximate surface area is 191 Å². The van der Waals surface area contributed by atoms with Gasteiger partial charge in [-0.25, -0.2) is 9.97 Å². The monoisotopic (exact) mass is 446 g/mol. The van der Waals surface area contributed by atoms with Crippen LogP contribution < -0.4 is 10.1 Å². The van der Waals surface area contributed by atoms with Gasteiger partial charge in [-0.05, 0) is 61.9 Å². The van der Waals surface area contributed by atoms with E-state index < -0.39 is 0 Å². The Balaban J connectivity index is 1.61. The molecule has 2 heterocycles. The number of imidazole rings is 1. The van der Waals surface area contributed by atoms with Crippen LogP contribution in [0.4, 0.5) is 0 Å². The Morgan fingerprint density at radius 2 is 2.00 bits per heavy atom. The predicted molar refractivity (Wildman–Crippen MR) is 126 cm³/mol. The fraction of sp³-hybridized carbons (Fsp3) is 0.240. The first-order chi connectivity index (χ1) is 16.0. The lowest BCUT2D eigenvalue weighted by Gasteiger charge is -2.09. The van der Waals surface area contributed by atoms with Crippen molar-refractivity contribution in [3.05, 3.63) is 60.3 Å². The number of aromatic nitrogens is 3. The first kappa shape index (κ1) is 22.3. The van der Waals surface area contributed by atoms with Crippen molar-refractivity contribution >= 4 is 16.9 Å². The number of phenolic OH excluding ortho intramolecular Hbond substituents is 1. The fourth-order valence-electron chi connectivity index (χ4n) is 3.50. The van der Waals surface area contributed by atoms with Crippen LogP contribution in [0.25, 0.3) is 33.5 Å². The van der Waals surface area contributed by atoms with E-state index in [0.29, 0.717) is 41.5 Å². The molecule has 4 aromatic rings. The van der Waals surface area contributed by atoms with Crippen LogP contribution >= 0.6 is 0 Å². The molecule has 33 heavy (non-hydrogen) atoms. The maximum atomic E-state index is 12.5. The Bertz CT molecular complexity index is 1280. The highest BCUT2D eigenvalue weighted by Crippen LogP contribution is 2.35. The molecule has 2 aromatic heterocycles. The van der Waals surface area contributed by atoms with Gasteiger partial charge >= 0.3 is 0 Å². The standard InChI is InChI=1S/C25H26N4O4/c1-15(2)33-12-11-26-24(31)17-6-8-20-21(14-17)29-23(28-20)19-13-16(7-9-22(19)30)18-5-4-10-27-25(18)32-3/h4-10,13-15,30H,11-12H2,1-3H3,(H,26,31)(H,28,29). The highest BCUT2D eigenvalue weighted by molar-refractivity contribution is 5.97. The zero-order chi connectivity index (χ0) is 23.4. The number of H-pyrrole nitrogens is 1. The number of carbonyl (C=O) groups excluding carboxylic acids is 1. The summed E-state index contributed by atoms with van der Waals surface area (Å²) in [6.45, 7) is 4.78. The van der Waals surface area contributed by atoms with Crippen molar-refractivity contribution in [2.75, 3.05) is 20.3 Å². The van der Waals surface area contributed by atoms with Crippen LogP contribution in [-0.4, -0.2) is 52.3 Å². The molecule has 8 nitrogen and oxygen atoms in total. The summed E-state index contributed by atoms with van der Waals surface area (Å²) in [4.78, 5) is 24.5. The minimum Gasteiger partial charge on any atom is -0.507 e. The van der Waals surface area contributed by atoms with E-state index in [0.717, 1.165) is 16.6 Å². The van der Waals surface area contributed by atoms with E-state index in [1.165, 1.54) is 0 Å². The van der Waals surface area contributed by atoms with Crippen LogP contribution in [0.2, 0.25) is 0 Å². The van der Waals surface area contributed by atoms with E-state index in [9.17, 15) is 9.90 Å². The summed E-state index contributed by atoms with van der Waals surface area (Å²) in [7, 11) is 1.57. The third kappa shape index (κ3) is 4.96. The number of rotatable bonds is 8. The predicted octanol–water partition coefficient (Wildman–Crippen LogP) is 4.16. The molecular formula is C25H26N4O4. The third-order valence-electron chi connectivity index (χ3n) is 5.11. The molecule has 0 saturated heterocycles. The van der Waals surface area contributed by atoms with Crippen LogP contribution in [-0.2, 0) is 4.74 Å². The first-order valence-corrected chi connectivity index (χ1v) is 10.7. The number of hydrogen-bond acceptors (Lipinski definition) is 6. The highest BCUT2D eigenvalue weighted by Gasteiger charge is 2.15. The SMILES string of the molecule is COc1ncccc1-c1ccc(O)c(-c2nc3cc(C(=O)NCCOC(C)C)ccc3[nH]2)c1. The van der Waals surface area contributed by atoms with Gasteiger partial charge in [-0.2, -0.15) is 0 Å². The molecule has 2 aromatic carbocycles. The largest absolute Gasteiger partial charge is 0.507 e. The van der Waals surface area contributed by atoms with Crippen molar-refractivity contribution in [3.63, 3.8) is 0 Å². The van der Waals surface area contributed by atoms with Gasteiger partial charge in [0.25, 0.3) is 5.91 Å². The number of aromatic amines is 1. The maximum Gasteiger partial charge on any atom is 0.251 e. The number of pyridine rings is 1. The summed E-state index contributed by atoms with van der Waals surface area (Å²) in [5, 5.41) is 13.3. The van der Waals surface area contributed by atoms with Crippen molar-refractivity contribution in [2.24, 2.45) is 0 Å². The lowest BCUT2D eigenvalue weighted by atomic mass is 10.0. The molecule has 0 bridgehead atoms. The molecule has 0 spiro atoms. The average molecular weight is 447 g/mol. The van der Waals surface area contributed by atoms with Crippen molar-refractivity contribution in [3.8, 4) is 34.1 Å². The van der Waals surface area contributed by atoms with Crippen molar-refractivity contribution < 1.29 is 19.4 Å². The molecular weight excluding hydrogens is 420 g/mol. The molecule has 0 fully saturated rings. The van der Waals surface area contributed by atoms with Crippen LogP contribution in [0, 0.1) is 0 Å². The number of fused-ring (bicyclic) bond motifs is 1. The molecule has 1 amide bonds. The molecule has 0 atom stereocenters. The topological polar surface area (TPSA) is 109 Å². The zero-order valence-corrected chi connectivity index (χ0v) is 18.8. The van der Waals surface area contributed by atoms with E-state index in [-0.39, 0.29) is 17.8 Å². The van der Waals surface area contributed by atoms with Crippen LogP contribution in [0.15, 0.2) is 54.7 Å². The average Bonchev–Trinajstić information content (AvgIpc) is 3.25. The summed E-state index contributed by atoms with van der Waals surface area (Å²) in [6, 6.07) is 14.2. The van der Waals surface area contributed by atoms with Crippen LogP contribution in [0.3, 0.4) is 0 Å². The van der Waals surface area contributed by atoms with Crippen LogP contribution in [0.1, 0.15) is 24.2 Å². The Morgan fingerprint density at radius 3 is 2.79 bits per heavy atom. The smallest absolute Gasteiger partial charge is 0.251 e. The lowest BCUT2D eigenvalue weighted by Crippen LogP contribution is -2.28. The highest BCUT2D eigenvalue weighted by atomic mass is 16.5. The number of benzene rings is 2. The number of ether oxygens (including phenoxy) is 2. The summed E-state index contributed by atoms with van der Waals surface area (Å²) >= 11 is 0. The summed E-state index contributed by atoms with van der Waals surface area (Å²) in [6.07, 6.45) is 1.78. The van der Waals surface area contributed by atoms with Crippen LogP contribution in [0.5, 0.6) is 11.6 Å². The van der Waals surface area contributed by atoms with E-state index >= 15 is 0 Å². The van der Waals surface area contributed by atoms with Crippen molar-refractivity contribution in [1.29, 1.82) is 0 Å². The van der Waals surface area contributed by atoms with Gasteiger partial charge in [0.15, 0.2) is 0 Å². The number of nitrogens with zero attached hydrogens (tertiary/aromatic N) is 2. The molecule has 0 saturated carbocycles. The Kier molecular flexibility index (Phi) is 6.55. The van der Waals surface area contributed by atoms with Gasteiger partial charge in [0.1, 0.15) is 11.6 Å². The van der Waals surface area contributed by atoms with Crippen molar-refractivity contribution in [1.82, 2.24) is 20.3 Å². The van der Waals surface area contributed by atoms with Gasteiger partial charge in [0, 0.05) is 23.9 Å². The molecule has 0 aliphatic heterocycles. The minimum absolute atomic E-state index is 0.0868. The minimum atomic E-state index is -0.192. The van der Waals surface area contributed by atoms with Gasteiger partial charge in [0.2, 0.25) is 5.88 Å². The number of methoxy groups -OCH3 is 1. The van der Waals surface area contributed by atoms with E-state index in [1.54, 1.807) is 43.6 Å². The molecule has 170 valence electrons. The zero-order valence-electron chi connectivity index (χ0n) is 18.8. The van der Waals surface area contributed by atoms with Gasteiger partial charge in [-0.3, -0.25) is 4.79 Å². The third-order valence-corrected chi connectivity index (χ3v) is 5.11. The lowest BCUT2D eigenvalue weighted by molar-refractivity contribution is 0.0746. The summed E-state index contributed by atoms with van der Waals surface area (Å²) < 4.78 is 10.8. The van der Waals surface area contributed by atoms with Crippen molar-refractivity contribution in [2.45, 2.75) is 20.0 Å². The van der Waals surface area contributed by atoms with E-state index in [4.69, 9.17) is 9.47 Å². The molecule has 8 heteroatoms. The number of aromatic hydroxyl groups is 1. The second-order valence-corrected chi connectivity index (χ2v) is 7.78. The summed E-state index contributed by atoms with van der Waals surface area (Å²) in [5.41, 5.74) is 4.05. The first-order valence-electron chi connectivity index (χ1n) is 10.7. The Hall–Kier alpha value is -3.91. The van der Waals surface area contributed by atoms with Gasteiger partial charge < -0.3 is 24.9 Å². The molecule has 4 rings (SSSR count). The number of phenols is 1. The molecule has 0 aliphatic rings. The number of amides is 1. The number of hydrogen-bond donors (Lipinski definition) is 3. The van der Waals surface area contributed by atoms with E-state index in [2.05, 4.69) is 20.3 Å². The quantitative estimate of drug-likeness (QED) is 0.351. The Morgan fingerprint density at radius 1 is 1.15 bits per heavy atom. The summed E-state index contributed by atoms with van der Waals surface area (Å²) in [5.74, 6) is 0.884.